The molecule has 1 aromatic rings. The Morgan fingerprint density at radius 1 is 1.24 bits per heavy atom. The fourth-order valence-electron chi connectivity index (χ4n) is 1.45. The second-order valence-electron chi connectivity index (χ2n) is 4.42. The molecule has 0 amide bonds. The lowest BCUT2D eigenvalue weighted by atomic mass is 10.1. The van der Waals surface area contributed by atoms with E-state index in [1.807, 2.05) is 0 Å². The Kier molecular flexibility index (Phi) is 5.84. The van der Waals surface area contributed by atoms with E-state index in [4.69, 9.17) is 0 Å². The molecule has 0 heterocycles. The minimum atomic E-state index is -0.517. The summed E-state index contributed by atoms with van der Waals surface area (Å²) in [7, 11) is 0. The maximum absolute atomic E-state index is 13.2. The molecule has 1 nitrogen and oxygen atoms in total. The summed E-state index contributed by atoms with van der Waals surface area (Å²) < 4.78 is 26.4. The molecule has 1 rings (SSSR count). The van der Waals surface area contributed by atoms with Gasteiger partial charge in [-0.3, -0.25) is 0 Å². The molecule has 0 aliphatic rings. The van der Waals surface area contributed by atoms with E-state index >= 15 is 0 Å². The molecule has 1 N–H and O–H groups in total. The van der Waals surface area contributed by atoms with E-state index in [-0.39, 0.29) is 5.56 Å². The van der Waals surface area contributed by atoms with E-state index < -0.39 is 11.6 Å². The van der Waals surface area contributed by atoms with E-state index in [1.165, 1.54) is 24.3 Å². The molecule has 0 aliphatic carbocycles. The number of rotatable bonds is 6. The van der Waals surface area contributed by atoms with Crippen molar-refractivity contribution in [2.45, 2.75) is 20.3 Å². The Labute approximate surface area is 102 Å². The molecule has 17 heavy (non-hydrogen) atoms. The van der Waals surface area contributed by atoms with Gasteiger partial charge in [0.25, 0.3) is 0 Å². The summed E-state index contributed by atoms with van der Waals surface area (Å²) in [5.41, 5.74) is 0.0383. The van der Waals surface area contributed by atoms with Gasteiger partial charge in [0.15, 0.2) is 0 Å². The van der Waals surface area contributed by atoms with Gasteiger partial charge in [-0.25, -0.2) is 8.78 Å². The number of hydrogen-bond donors (Lipinski definition) is 1. The second-order valence-corrected chi connectivity index (χ2v) is 4.42. The molecule has 0 spiro atoms. The number of benzene rings is 1. The van der Waals surface area contributed by atoms with Crippen molar-refractivity contribution in [3.63, 3.8) is 0 Å². The molecule has 0 aliphatic heterocycles. The zero-order valence-electron chi connectivity index (χ0n) is 10.3. The highest BCUT2D eigenvalue weighted by Gasteiger charge is 2.03. The zero-order chi connectivity index (χ0) is 12.7. The molecular formula is C14H19F2N. The molecule has 94 valence electrons. The summed E-state index contributed by atoms with van der Waals surface area (Å²) >= 11 is 0. The fraction of sp³-hybridized carbons (Fsp3) is 0.429. The fourth-order valence-corrected chi connectivity index (χ4v) is 1.45. The average molecular weight is 239 g/mol. The summed E-state index contributed by atoms with van der Waals surface area (Å²) in [6.07, 6.45) is 4.05. The van der Waals surface area contributed by atoms with Crippen LogP contribution in [0.1, 0.15) is 25.8 Å². The molecule has 0 unspecified atom stereocenters. The van der Waals surface area contributed by atoms with E-state index in [0.717, 1.165) is 19.5 Å². The van der Waals surface area contributed by atoms with Crippen molar-refractivity contribution in [3.8, 4) is 0 Å². The summed E-state index contributed by atoms with van der Waals surface area (Å²) in [6, 6.07) is 3.89. The predicted molar refractivity (Wildman–Crippen MR) is 67.7 cm³/mol. The molecule has 0 saturated carbocycles. The Bertz CT molecular complexity index is 352. The van der Waals surface area contributed by atoms with Crippen LogP contribution in [-0.4, -0.2) is 13.1 Å². The highest BCUT2D eigenvalue weighted by atomic mass is 19.1. The van der Waals surface area contributed by atoms with E-state index in [2.05, 4.69) is 19.2 Å². The summed E-state index contributed by atoms with van der Waals surface area (Å²) in [4.78, 5) is 0. The standard InChI is InChI=1S/C14H19F2N/c1-11(2)10-17-9-4-3-6-12-13(15)7-5-8-14(12)16/h3,5-8,11,17H,4,9-10H2,1-2H3. The largest absolute Gasteiger partial charge is 0.316 e. The molecular weight excluding hydrogens is 220 g/mol. The zero-order valence-corrected chi connectivity index (χ0v) is 10.3. The van der Waals surface area contributed by atoms with Crippen molar-refractivity contribution in [2.24, 2.45) is 5.92 Å². The van der Waals surface area contributed by atoms with Crippen molar-refractivity contribution in [1.82, 2.24) is 5.32 Å². The number of hydrogen-bond acceptors (Lipinski definition) is 1. The Hall–Kier alpha value is -1.22. The molecule has 3 heteroatoms. The number of nitrogens with one attached hydrogen (secondary N) is 1. The van der Waals surface area contributed by atoms with Gasteiger partial charge in [-0.05, 0) is 37.6 Å². The highest BCUT2D eigenvalue weighted by Crippen LogP contribution is 2.13. The first kappa shape index (κ1) is 13.8. The van der Waals surface area contributed by atoms with Crippen LogP contribution in [0.3, 0.4) is 0 Å². The molecule has 0 atom stereocenters. The van der Waals surface area contributed by atoms with Crippen molar-refractivity contribution in [3.05, 3.63) is 41.5 Å². The summed E-state index contributed by atoms with van der Waals surface area (Å²) in [6.45, 7) is 6.06. The lowest BCUT2D eigenvalue weighted by Gasteiger charge is -2.05. The highest BCUT2D eigenvalue weighted by molar-refractivity contribution is 5.50. The third-order valence-corrected chi connectivity index (χ3v) is 2.32. The molecule has 0 fully saturated rings. The lowest BCUT2D eigenvalue weighted by Crippen LogP contribution is -2.20. The van der Waals surface area contributed by atoms with E-state index in [0.29, 0.717) is 5.92 Å². The van der Waals surface area contributed by atoms with Crippen molar-refractivity contribution in [2.75, 3.05) is 13.1 Å². The van der Waals surface area contributed by atoms with Gasteiger partial charge in [-0.15, -0.1) is 0 Å². The van der Waals surface area contributed by atoms with Gasteiger partial charge < -0.3 is 5.32 Å². The van der Waals surface area contributed by atoms with Gasteiger partial charge in [-0.2, -0.15) is 0 Å². The van der Waals surface area contributed by atoms with Gasteiger partial charge in [0.05, 0.1) is 0 Å². The quantitative estimate of drug-likeness (QED) is 0.748. The third-order valence-electron chi connectivity index (χ3n) is 2.32. The van der Waals surface area contributed by atoms with Crippen LogP contribution in [0, 0.1) is 17.6 Å². The Balaban J connectivity index is 2.38. The Morgan fingerprint density at radius 3 is 2.47 bits per heavy atom. The molecule has 0 saturated heterocycles. The minimum absolute atomic E-state index is 0.0383. The molecule has 0 bridgehead atoms. The van der Waals surface area contributed by atoms with Crippen LogP contribution >= 0.6 is 0 Å². The van der Waals surface area contributed by atoms with E-state index in [1.54, 1.807) is 6.08 Å². The molecule has 0 aromatic heterocycles. The van der Waals surface area contributed by atoms with Gasteiger partial charge in [0, 0.05) is 5.56 Å². The monoisotopic (exact) mass is 239 g/mol. The van der Waals surface area contributed by atoms with Crippen LogP contribution in [-0.2, 0) is 0 Å². The normalized spacial score (nSPS) is 11.6. The predicted octanol–water partition coefficient (Wildman–Crippen LogP) is 3.61. The molecule has 1 aromatic carbocycles. The van der Waals surface area contributed by atoms with Crippen LogP contribution in [0.2, 0.25) is 0 Å². The topological polar surface area (TPSA) is 12.0 Å². The summed E-state index contributed by atoms with van der Waals surface area (Å²) in [5.74, 6) is -0.421. The number of halogens is 2. The molecule has 0 radical (unpaired) electrons. The van der Waals surface area contributed by atoms with Crippen LogP contribution in [0.25, 0.3) is 6.08 Å². The Morgan fingerprint density at radius 2 is 1.88 bits per heavy atom. The van der Waals surface area contributed by atoms with Crippen molar-refractivity contribution in [1.29, 1.82) is 0 Å². The maximum Gasteiger partial charge on any atom is 0.133 e. The van der Waals surface area contributed by atoms with Crippen LogP contribution in [0.5, 0.6) is 0 Å². The maximum atomic E-state index is 13.2. The average Bonchev–Trinajstić information content (AvgIpc) is 2.26. The first-order valence-corrected chi connectivity index (χ1v) is 5.92. The lowest BCUT2D eigenvalue weighted by molar-refractivity contribution is 0.557. The minimum Gasteiger partial charge on any atom is -0.316 e. The first-order valence-electron chi connectivity index (χ1n) is 5.92. The third kappa shape index (κ3) is 5.09. The second kappa shape index (κ2) is 7.17. The van der Waals surface area contributed by atoms with Crippen LogP contribution in [0.4, 0.5) is 8.78 Å². The van der Waals surface area contributed by atoms with Gasteiger partial charge >= 0.3 is 0 Å². The SMILES string of the molecule is CC(C)CNCCC=Cc1c(F)cccc1F. The van der Waals surface area contributed by atoms with Gasteiger partial charge in [-0.1, -0.05) is 32.1 Å². The van der Waals surface area contributed by atoms with Crippen LogP contribution in [0.15, 0.2) is 24.3 Å². The van der Waals surface area contributed by atoms with Crippen molar-refractivity contribution >= 4 is 6.08 Å². The first-order chi connectivity index (χ1) is 8.11. The van der Waals surface area contributed by atoms with Gasteiger partial charge in [0.2, 0.25) is 0 Å². The summed E-state index contributed by atoms with van der Waals surface area (Å²) in [5, 5.41) is 3.26. The van der Waals surface area contributed by atoms with Crippen molar-refractivity contribution < 1.29 is 8.78 Å². The van der Waals surface area contributed by atoms with Crippen LogP contribution < -0.4 is 5.32 Å². The van der Waals surface area contributed by atoms with E-state index in [9.17, 15) is 8.78 Å². The van der Waals surface area contributed by atoms with Gasteiger partial charge in [0.1, 0.15) is 11.6 Å². The smallest absolute Gasteiger partial charge is 0.133 e.